The van der Waals surface area contributed by atoms with E-state index in [-0.39, 0.29) is 18.3 Å². The van der Waals surface area contributed by atoms with Crippen molar-refractivity contribution in [2.45, 2.75) is 19.4 Å². The number of likely N-dealkylation sites (N-methyl/N-ethyl adjacent to an activating group) is 1. The highest BCUT2D eigenvalue weighted by Gasteiger charge is 2.29. The summed E-state index contributed by atoms with van der Waals surface area (Å²) in [5, 5.41) is 2.92. The van der Waals surface area contributed by atoms with E-state index >= 15 is 0 Å². The molecule has 1 N–H and O–H groups in total. The predicted molar refractivity (Wildman–Crippen MR) is 72.8 cm³/mol. The SMILES string of the molecule is CNCC(=O)N1CCC(C)C(n2ccnc2)C1.Cl. The van der Waals surface area contributed by atoms with Crippen molar-refractivity contribution in [3.05, 3.63) is 18.7 Å². The van der Waals surface area contributed by atoms with Gasteiger partial charge in [-0.05, 0) is 19.4 Å². The summed E-state index contributed by atoms with van der Waals surface area (Å²) in [6.07, 6.45) is 6.67. The fourth-order valence-corrected chi connectivity index (χ4v) is 2.39. The van der Waals surface area contributed by atoms with Crippen molar-refractivity contribution in [2.24, 2.45) is 5.92 Å². The van der Waals surface area contributed by atoms with Crippen molar-refractivity contribution in [3.63, 3.8) is 0 Å². The first-order chi connectivity index (χ1) is 8.22. The van der Waals surface area contributed by atoms with Gasteiger partial charge in [0.2, 0.25) is 5.91 Å². The topological polar surface area (TPSA) is 50.2 Å². The number of carbonyl (C=O) groups is 1. The Kier molecular flexibility index (Phi) is 5.62. The van der Waals surface area contributed by atoms with Gasteiger partial charge >= 0.3 is 0 Å². The van der Waals surface area contributed by atoms with E-state index in [1.54, 1.807) is 13.2 Å². The summed E-state index contributed by atoms with van der Waals surface area (Å²) in [7, 11) is 1.80. The molecule has 0 spiro atoms. The third-order valence-corrected chi connectivity index (χ3v) is 3.51. The van der Waals surface area contributed by atoms with Crippen LogP contribution in [0.15, 0.2) is 18.7 Å². The number of rotatable bonds is 3. The van der Waals surface area contributed by atoms with Crippen LogP contribution in [-0.4, -0.2) is 47.0 Å². The highest BCUT2D eigenvalue weighted by Crippen LogP contribution is 2.27. The van der Waals surface area contributed by atoms with Crippen molar-refractivity contribution in [1.29, 1.82) is 0 Å². The molecule has 18 heavy (non-hydrogen) atoms. The average molecular weight is 273 g/mol. The van der Waals surface area contributed by atoms with E-state index in [2.05, 4.69) is 21.8 Å². The molecule has 2 heterocycles. The predicted octanol–water partition coefficient (Wildman–Crippen LogP) is 0.934. The maximum atomic E-state index is 11.9. The Hall–Kier alpha value is -1.07. The zero-order valence-corrected chi connectivity index (χ0v) is 11.7. The molecule has 102 valence electrons. The van der Waals surface area contributed by atoms with Crippen LogP contribution in [0, 0.1) is 5.92 Å². The average Bonchev–Trinajstić information content (AvgIpc) is 2.83. The molecule has 1 aromatic rings. The smallest absolute Gasteiger partial charge is 0.236 e. The van der Waals surface area contributed by atoms with Crippen molar-refractivity contribution in [3.8, 4) is 0 Å². The maximum absolute atomic E-state index is 11.9. The second-order valence-electron chi connectivity index (χ2n) is 4.71. The molecule has 1 saturated heterocycles. The minimum Gasteiger partial charge on any atom is -0.339 e. The summed E-state index contributed by atoms with van der Waals surface area (Å²) >= 11 is 0. The number of likely N-dealkylation sites (tertiary alicyclic amines) is 1. The van der Waals surface area contributed by atoms with Crippen LogP contribution in [0.1, 0.15) is 19.4 Å². The van der Waals surface area contributed by atoms with Gasteiger partial charge in [0.15, 0.2) is 0 Å². The quantitative estimate of drug-likeness (QED) is 0.891. The monoisotopic (exact) mass is 272 g/mol. The number of imidazole rings is 1. The zero-order chi connectivity index (χ0) is 12.3. The number of amides is 1. The number of carbonyl (C=O) groups excluding carboxylic acids is 1. The van der Waals surface area contributed by atoms with Crippen LogP contribution in [0.5, 0.6) is 0 Å². The van der Waals surface area contributed by atoms with Gasteiger partial charge in [-0.3, -0.25) is 4.79 Å². The summed E-state index contributed by atoms with van der Waals surface area (Å²) in [6.45, 7) is 4.32. The number of hydrogen-bond donors (Lipinski definition) is 1. The first-order valence-corrected chi connectivity index (χ1v) is 6.12. The van der Waals surface area contributed by atoms with Crippen LogP contribution in [0.25, 0.3) is 0 Å². The van der Waals surface area contributed by atoms with Crippen molar-refractivity contribution >= 4 is 18.3 Å². The standard InChI is InChI=1S/C12H20N4O.ClH/c1-10-3-5-15(12(17)7-13-2)8-11(10)16-6-4-14-9-16;/h4,6,9-11,13H,3,5,7-8H2,1-2H3;1H. The van der Waals surface area contributed by atoms with Gasteiger partial charge in [-0.2, -0.15) is 0 Å². The minimum atomic E-state index is 0. The molecule has 1 aromatic heterocycles. The third kappa shape index (κ3) is 3.23. The molecule has 0 radical (unpaired) electrons. The van der Waals surface area contributed by atoms with Crippen molar-refractivity contribution < 1.29 is 4.79 Å². The summed E-state index contributed by atoms with van der Waals surface area (Å²) in [5.41, 5.74) is 0. The number of aromatic nitrogens is 2. The number of nitrogens with zero attached hydrogens (tertiary/aromatic N) is 3. The van der Waals surface area contributed by atoms with Crippen LogP contribution >= 0.6 is 12.4 Å². The molecule has 1 amide bonds. The summed E-state index contributed by atoms with van der Waals surface area (Å²) < 4.78 is 2.11. The molecule has 0 aliphatic carbocycles. The minimum absolute atomic E-state index is 0. The summed E-state index contributed by atoms with van der Waals surface area (Å²) in [4.78, 5) is 17.9. The Morgan fingerprint density at radius 1 is 1.56 bits per heavy atom. The van der Waals surface area contributed by atoms with Gasteiger partial charge in [-0.1, -0.05) is 6.92 Å². The van der Waals surface area contributed by atoms with Crippen LogP contribution in [0.3, 0.4) is 0 Å². The summed E-state index contributed by atoms with van der Waals surface area (Å²) in [5.74, 6) is 0.771. The van der Waals surface area contributed by atoms with E-state index in [0.717, 1.165) is 19.5 Å². The number of nitrogens with one attached hydrogen (secondary N) is 1. The highest BCUT2D eigenvalue weighted by atomic mass is 35.5. The second-order valence-corrected chi connectivity index (χ2v) is 4.71. The second kappa shape index (κ2) is 6.75. The number of piperidine rings is 1. The molecule has 1 aliphatic heterocycles. The van der Waals surface area contributed by atoms with Crippen molar-refractivity contribution in [1.82, 2.24) is 19.8 Å². The Labute approximate surface area is 114 Å². The molecule has 1 fully saturated rings. The molecule has 1 aliphatic rings. The largest absolute Gasteiger partial charge is 0.339 e. The van der Waals surface area contributed by atoms with Gasteiger partial charge in [0.05, 0.1) is 18.9 Å². The third-order valence-electron chi connectivity index (χ3n) is 3.51. The van der Waals surface area contributed by atoms with E-state index in [1.165, 1.54) is 0 Å². The van der Waals surface area contributed by atoms with Crippen LogP contribution in [0.2, 0.25) is 0 Å². The Morgan fingerprint density at radius 3 is 2.94 bits per heavy atom. The van der Waals surface area contributed by atoms with E-state index in [4.69, 9.17) is 0 Å². The number of halogens is 1. The number of hydrogen-bond acceptors (Lipinski definition) is 3. The maximum Gasteiger partial charge on any atom is 0.236 e. The fraction of sp³-hybridized carbons (Fsp3) is 0.667. The Morgan fingerprint density at radius 2 is 2.33 bits per heavy atom. The summed E-state index contributed by atoms with van der Waals surface area (Å²) in [6, 6.07) is 0.354. The van der Waals surface area contributed by atoms with E-state index in [9.17, 15) is 4.79 Å². The van der Waals surface area contributed by atoms with Crippen LogP contribution in [0.4, 0.5) is 0 Å². The van der Waals surface area contributed by atoms with E-state index < -0.39 is 0 Å². The van der Waals surface area contributed by atoms with Gasteiger partial charge in [0.25, 0.3) is 0 Å². The lowest BCUT2D eigenvalue weighted by molar-refractivity contribution is -0.132. The Bertz CT molecular complexity index is 368. The molecule has 0 saturated carbocycles. The first kappa shape index (κ1) is 15.0. The van der Waals surface area contributed by atoms with E-state index in [0.29, 0.717) is 18.5 Å². The molecule has 2 atom stereocenters. The van der Waals surface area contributed by atoms with Crippen molar-refractivity contribution in [2.75, 3.05) is 26.7 Å². The molecule has 5 nitrogen and oxygen atoms in total. The van der Waals surface area contributed by atoms with Gasteiger partial charge in [0.1, 0.15) is 0 Å². The molecular weight excluding hydrogens is 252 g/mol. The van der Waals surface area contributed by atoms with Crippen LogP contribution < -0.4 is 5.32 Å². The van der Waals surface area contributed by atoms with Gasteiger partial charge in [-0.25, -0.2) is 4.98 Å². The molecule has 2 rings (SSSR count). The van der Waals surface area contributed by atoms with E-state index in [1.807, 2.05) is 17.4 Å². The van der Waals surface area contributed by atoms with Gasteiger partial charge < -0.3 is 14.8 Å². The normalized spacial score (nSPS) is 23.6. The molecule has 6 heteroatoms. The lowest BCUT2D eigenvalue weighted by Gasteiger charge is -2.37. The lowest BCUT2D eigenvalue weighted by Crippen LogP contribution is -2.46. The highest BCUT2D eigenvalue weighted by molar-refractivity contribution is 5.85. The molecule has 0 aromatic carbocycles. The van der Waals surface area contributed by atoms with Gasteiger partial charge in [-0.15, -0.1) is 12.4 Å². The fourth-order valence-electron chi connectivity index (χ4n) is 2.39. The first-order valence-electron chi connectivity index (χ1n) is 6.12. The Balaban J connectivity index is 0.00000162. The molecule has 2 unspecified atom stereocenters. The van der Waals surface area contributed by atoms with Crippen LogP contribution in [-0.2, 0) is 4.79 Å². The van der Waals surface area contributed by atoms with Gasteiger partial charge in [0, 0.05) is 25.5 Å². The zero-order valence-electron chi connectivity index (χ0n) is 10.9. The molecule has 0 bridgehead atoms. The lowest BCUT2D eigenvalue weighted by atomic mass is 9.93. The molecular formula is C12H21ClN4O.